The van der Waals surface area contributed by atoms with Gasteiger partial charge >= 0.3 is 0 Å². The van der Waals surface area contributed by atoms with Crippen LogP contribution in [0.15, 0.2) is 34.7 Å². The summed E-state index contributed by atoms with van der Waals surface area (Å²) in [5.74, 6) is 0. The summed E-state index contributed by atoms with van der Waals surface area (Å²) in [6.45, 7) is -0.0765. The number of hydrogen-bond donors (Lipinski definition) is 2. The van der Waals surface area contributed by atoms with Crippen LogP contribution < -0.4 is 4.72 Å². The van der Waals surface area contributed by atoms with Crippen LogP contribution in [0.4, 0.5) is 0 Å². The van der Waals surface area contributed by atoms with Gasteiger partial charge in [-0.2, -0.15) is 10.2 Å². The third-order valence-electron chi connectivity index (χ3n) is 2.13. The first kappa shape index (κ1) is 13.1. The number of thiophene rings is 1. The quantitative estimate of drug-likeness (QED) is 0.835. The van der Waals surface area contributed by atoms with E-state index in [1.165, 1.54) is 12.3 Å². The Morgan fingerprint density at radius 2 is 2.17 bits per heavy atom. The molecule has 2 aromatic heterocycles. The third kappa shape index (κ3) is 3.10. The number of aliphatic hydroxyl groups excluding tert-OH is 1. The first-order chi connectivity index (χ1) is 8.62. The first-order valence-corrected chi connectivity index (χ1v) is 7.37. The van der Waals surface area contributed by atoms with Gasteiger partial charge in [-0.25, -0.2) is 13.1 Å². The van der Waals surface area contributed by atoms with Crippen molar-refractivity contribution in [3.8, 4) is 0 Å². The zero-order chi connectivity index (χ0) is 13.0. The number of nitrogens with zero attached hydrogens (tertiary/aromatic N) is 2. The Morgan fingerprint density at radius 1 is 1.33 bits per heavy atom. The summed E-state index contributed by atoms with van der Waals surface area (Å²) in [5, 5.41) is 16.3. The Morgan fingerprint density at radius 3 is 2.78 bits per heavy atom. The molecule has 0 aliphatic heterocycles. The van der Waals surface area contributed by atoms with E-state index in [2.05, 4.69) is 14.9 Å². The molecule has 2 N–H and O–H groups in total. The lowest BCUT2D eigenvalue weighted by Gasteiger charge is -2.03. The van der Waals surface area contributed by atoms with E-state index >= 15 is 0 Å². The molecule has 8 heteroatoms. The maximum Gasteiger partial charge on any atom is 0.250 e. The van der Waals surface area contributed by atoms with Crippen molar-refractivity contribution < 1.29 is 13.5 Å². The summed E-state index contributed by atoms with van der Waals surface area (Å²) in [6, 6.07) is 6.42. The summed E-state index contributed by atoms with van der Waals surface area (Å²) in [5.41, 5.74) is 0.542. The van der Waals surface area contributed by atoms with Crippen LogP contribution >= 0.6 is 11.3 Å². The van der Waals surface area contributed by atoms with Gasteiger partial charge in [0.05, 0.1) is 18.8 Å². The second kappa shape index (κ2) is 5.53. The fourth-order valence-corrected chi connectivity index (χ4v) is 3.51. The minimum absolute atomic E-state index is 0.0858. The lowest BCUT2D eigenvalue weighted by Crippen LogP contribution is -2.23. The van der Waals surface area contributed by atoms with Crippen molar-refractivity contribution in [2.24, 2.45) is 0 Å². The SMILES string of the molecule is O=S(=O)(NCc1cccnn1)c1ccc(CO)s1. The summed E-state index contributed by atoms with van der Waals surface area (Å²) < 4.78 is 26.4. The molecule has 2 rings (SSSR count). The molecule has 0 atom stereocenters. The smallest absolute Gasteiger partial charge is 0.250 e. The number of sulfonamides is 1. The zero-order valence-electron chi connectivity index (χ0n) is 9.28. The molecule has 2 heterocycles. The predicted molar refractivity (Wildman–Crippen MR) is 66.3 cm³/mol. The number of nitrogens with one attached hydrogen (secondary N) is 1. The molecule has 0 unspecified atom stereocenters. The highest BCUT2D eigenvalue weighted by Crippen LogP contribution is 2.21. The molecule has 0 bridgehead atoms. The molecule has 0 saturated heterocycles. The van der Waals surface area contributed by atoms with Crippen molar-refractivity contribution in [2.75, 3.05) is 0 Å². The summed E-state index contributed by atoms with van der Waals surface area (Å²) in [7, 11) is -3.56. The third-order valence-corrected chi connectivity index (χ3v) is 5.09. The number of hydrogen-bond acceptors (Lipinski definition) is 6. The predicted octanol–water partition coefficient (Wildman–Crippen LogP) is 0.509. The van der Waals surface area contributed by atoms with E-state index in [1.807, 2.05) is 0 Å². The average molecular weight is 285 g/mol. The van der Waals surface area contributed by atoms with Gasteiger partial charge in [-0.05, 0) is 24.3 Å². The van der Waals surface area contributed by atoms with Gasteiger partial charge in [0.2, 0.25) is 10.0 Å². The first-order valence-electron chi connectivity index (χ1n) is 5.07. The van der Waals surface area contributed by atoms with E-state index in [1.54, 1.807) is 18.2 Å². The van der Waals surface area contributed by atoms with E-state index < -0.39 is 10.0 Å². The highest BCUT2D eigenvalue weighted by molar-refractivity contribution is 7.91. The Kier molecular flexibility index (Phi) is 4.02. The summed E-state index contributed by atoms with van der Waals surface area (Å²) >= 11 is 1.04. The maximum atomic E-state index is 11.9. The number of rotatable bonds is 5. The topological polar surface area (TPSA) is 92.2 Å². The Balaban J connectivity index is 2.08. The molecule has 18 heavy (non-hydrogen) atoms. The normalized spacial score (nSPS) is 11.6. The van der Waals surface area contributed by atoms with Crippen molar-refractivity contribution in [3.05, 3.63) is 41.0 Å². The summed E-state index contributed by atoms with van der Waals surface area (Å²) in [4.78, 5) is 0.606. The Labute approximate surface area is 108 Å². The van der Waals surface area contributed by atoms with Gasteiger partial charge in [0.1, 0.15) is 4.21 Å². The van der Waals surface area contributed by atoms with Crippen LogP contribution in [-0.2, 0) is 23.2 Å². The lowest BCUT2D eigenvalue weighted by molar-refractivity contribution is 0.285. The van der Waals surface area contributed by atoms with Gasteiger partial charge in [-0.3, -0.25) is 0 Å². The second-order valence-corrected chi connectivity index (χ2v) is 6.58. The van der Waals surface area contributed by atoms with Crippen LogP contribution in [0.5, 0.6) is 0 Å². The van der Waals surface area contributed by atoms with Crippen molar-refractivity contribution in [1.82, 2.24) is 14.9 Å². The monoisotopic (exact) mass is 285 g/mol. The Bertz CT molecular complexity index is 610. The Hall–Kier alpha value is -1.35. The van der Waals surface area contributed by atoms with Crippen molar-refractivity contribution in [2.45, 2.75) is 17.4 Å². The van der Waals surface area contributed by atoms with Crippen LogP contribution in [0, 0.1) is 0 Å². The molecule has 0 aliphatic rings. The van der Waals surface area contributed by atoms with Gasteiger partial charge in [-0.1, -0.05) is 0 Å². The largest absolute Gasteiger partial charge is 0.391 e. The van der Waals surface area contributed by atoms with Crippen molar-refractivity contribution in [1.29, 1.82) is 0 Å². The van der Waals surface area contributed by atoms with Crippen LogP contribution in [0.1, 0.15) is 10.6 Å². The van der Waals surface area contributed by atoms with E-state index in [-0.39, 0.29) is 17.4 Å². The van der Waals surface area contributed by atoms with Gasteiger partial charge < -0.3 is 5.11 Å². The van der Waals surface area contributed by atoms with E-state index in [4.69, 9.17) is 5.11 Å². The minimum Gasteiger partial charge on any atom is -0.391 e. The zero-order valence-corrected chi connectivity index (χ0v) is 10.9. The second-order valence-electron chi connectivity index (χ2n) is 3.42. The molecule has 0 radical (unpaired) electrons. The molecular formula is C10H11N3O3S2. The highest BCUT2D eigenvalue weighted by atomic mass is 32.2. The molecule has 0 amide bonds. The van der Waals surface area contributed by atoms with E-state index in [9.17, 15) is 8.42 Å². The lowest BCUT2D eigenvalue weighted by atomic mass is 10.4. The van der Waals surface area contributed by atoms with Gasteiger partial charge in [0, 0.05) is 11.1 Å². The molecule has 0 spiro atoms. The standard InChI is InChI=1S/C10H11N3O3S2/c14-7-9-3-4-10(17-9)18(15,16)12-6-8-2-1-5-11-13-8/h1-5,12,14H,6-7H2. The van der Waals surface area contributed by atoms with E-state index in [0.29, 0.717) is 10.6 Å². The maximum absolute atomic E-state index is 11.9. The summed E-state index contributed by atoms with van der Waals surface area (Å²) in [6.07, 6.45) is 1.52. The van der Waals surface area contributed by atoms with Gasteiger partial charge in [0.15, 0.2) is 0 Å². The molecule has 0 aliphatic carbocycles. The van der Waals surface area contributed by atoms with Gasteiger partial charge in [-0.15, -0.1) is 11.3 Å². The van der Waals surface area contributed by atoms with Crippen molar-refractivity contribution >= 4 is 21.4 Å². The number of aromatic nitrogens is 2. The van der Waals surface area contributed by atoms with Crippen LogP contribution in [-0.4, -0.2) is 23.7 Å². The molecule has 2 aromatic rings. The van der Waals surface area contributed by atoms with E-state index in [0.717, 1.165) is 11.3 Å². The van der Waals surface area contributed by atoms with Crippen LogP contribution in [0.25, 0.3) is 0 Å². The van der Waals surface area contributed by atoms with Crippen LogP contribution in [0.2, 0.25) is 0 Å². The fourth-order valence-electron chi connectivity index (χ4n) is 1.26. The van der Waals surface area contributed by atoms with Gasteiger partial charge in [0.25, 0.3) is 0 Å². The van der Waals surface area contributed by atoms with Crippen molar-refractivity contribution in [3.63, 3.8) is 0 Å². The fraction of sp³-hybridized carbons (Fsp3) is 0.200. The minimum atomic E-state index is -3.56. The van der Waals surface area contributed by atoms with Crippen LogP contribution in [0.3, 0.4) is 0 Å². The molecule has 0 aromatic carbocycles. The number of aliphatic hydroxyl groups is 1. The molecule has 6 nitrogen and oxygen atoms in total. The molecule has 96 valence electrons. The molecular weight excluding hydrogens is 274 g/mol. The highest BCUT2D eigenvalue weighted by Gasteiger charge is 2.16. The molecule has 0 saturated carbocycles. The average Bonchev–Trinajstić information content (AvgIpc) is 2.87. The molecule has 0 fully saturated rings.